The van der Waals surface area contributed by atoms with Crippen molar-refractivity contribution < 1.29 is 14.3 Å². The number of nitrogens with one attached hydrogen (secondary N) is 2. The normalized spacial score (nSPS) is 10.2. The number of halogens is 1. The number of amides is 2. The van der Waals surface area contributed by atoms with Crippen molar-refractivity contribution in [2.45, 2.75) is 0 Å². The predicted octanol–water partition coefficient (Wildman–Crippen LogP) is 1.76. The standard InChI is InChI=1S/C15H15ClN4O3/c1-23-7-6-19-14(21)10-2-3-11(16)12(8-10)20-15(22)13-9-17-4-5-18-13/h2-5,8-9H,6-7H2,1H3,(H,19,21)(H,20,22). The first-order valence-electron chi connectivity index (χ1n) is 6.76. The van der Waals surface area contributed by atoms with E-state index in [9.17, 15) is 9.59 Å². The van der Waals surface area contributed by atoms with Gasteiger partial charge in [-0.05, 0) is 18.2 Å². The molecular formula is C15H15ClN4O3. The lowest BCUT2D eigenvalue weighted by Crippen LogP contribution is -2.27. The molecule has 2 amide bonds. The molecule has 2 N–H and O–H groups in total. The molecule has 120 valence electrons. The Morgan fingerprint density at radius 2 is 2.09 bits per heavy atom. The minimum Gasteiger partial charge on any atom is -0.383 e. The maximum absolute atomic E-state index is 12.1. The Morgan fingerprint density at radius 3 is 2.78 bits per heavy atom. The number of nitrogens with zero attached hydrogens (tertiary/aromatic N) is 2. The Morgan fingerprint density at radius 1 is 1.26 bits per heavy atom. The van der Waals surface area contributed by atoms with Gasteiger partial charge in [0.1, 0.15) is 5.69 Å². The molecule has 8 heteroatoms. The van der Waals surface area contributed by atoms with Gasteiger partial charge in [0.2, 0.25) is 0 Å². The number of hydrogen-bond donors (Lipinski definition) is 2. The Bertz CT molecular complexity index is 694. The highest BCUT2D eigenvalue weighted by Gasteiger charge is 2.13. The van der Waals surface area contributed by atoms with E-state index in [1.54, 1.807) is 19.2 Å². The number of carbonyl (C=O) groups is 2. The van der Waals surface area contributed by atoms with Crippen LogP contribution in [0.15, 0.2) is 36.8 Å². The highest BCUT2D eigenvalue weighted by Crippen LogP contribution is 2.23. The molecule has 0 aliphatic heterocycles. The summed E-state index contributed by atoms with van der Waals surface area (Å²) >= 11 is 6.06. The van der Waals surface area contributed by atoms with Gasteiger partial charge in [-0.2, -0.15) is 0 Å². The molecule has 1 heterocycles. The van der Waals surface area contributed by atoms with Crippen molar-refractivity contribution >= 4 is 29.1 Å². The average molecular weight is 335 g/mol. The third-order valence-corrected chi connectivity index (χ3v) is 3.19. The van der Waals surface area contributed by atoms with Crippen LogP contribution in [0.1, 0.15) is 20.8 Å². The van der Waals surface area contributed by atoms with Crippen LogP contribution in [0.25, 0.3) is 0 Å². The lowest BCUT2D eigenvalue weighted by atomic mass is 10.2. The topological polar surface area (TPSA) is 93.2 Å². The maximum Gasteiger partial charge on any atom is 0.275 e. The van der Waals surface area contributed by atoms with Crippen molar-refractivity contribution in [3.63, 3.8) is 0 Å². The van der Waals surface area contributed by atoms with Gasteiger partial charge in [0.25, 0.3) is 11.8 Å². The molecule has 2 rings (SSSR count). The SMILES string of the molecule is COCCNC(=O)c1ccc(Cl)c(NC(=O)c2cnccn2)c1. The van der Waals surface area contributed by atoms with Gasteiger partial charge in [-0.3, -0.25) is 14.6 Å². The molecule has 0 saturated heterocycles. The van der Waals surface area contributed by atoms with Crippen LogP contribution in [-0.2, 0) is 4.74 Å². The van der Waals surface area contributed by atoms with Crippen LogP contribution in [0.4, 0.5) is 5.69 Å². The highest BCUT2D eigenvalue weighted by atomic mass is 35.5. The first-order chi connectivity index (χ1) is 11.1. The number of rotatable bonds is 6. The molecule has 0 atom stereocenters. The summed E-state index contributed by atoms with van der Waals surface area (Å²) in [5.41, 5.74) is 0.847. The Hall–Kier alpha value is -2.51. The summed E-state index contributed by atoms with van der Waals surface area (Å²) in [5.74, 6) is -0.745. The summed E-state index contributed by atoms with van der Waals surface area (Å²) in [4.78, 5) is 31.8. The van der Waals surface area contributed by atoms with E-state index < -0.39 is 5.91 Å². The van der Waals surface area contributed by atoms with Gasteiger partial charge in [-0.1, -0.05) is 11.6 Å². The molecule has 0 spiro atoms. The van der Waals surface area contributed by atoms with Crippen molar-refractivity contribution in [3.05, 3.63) is 53.1 Å². The molecule has 0 unspecified atom stereocenters. The zero-order valence-corrected chi connectivity index (χ0v) is 13.1. The van der Waals surface area contributed by atoms with Gasteiger partial charge in [0.15, 0.2) is 0 Å². The van der Waals surface area contributed by atoms with Crippen molar-refractivity contribution in [2.24, 2.45) is 0 Å². The molecule has 0 aliphatic rings. The monoisotopic (exact) mass is 334 g/mol. The number of methoxy groups -OCH3 is 1. The van der Waals surface area contributed by atoms with Crippen molar-refractivity contribution in [1.82, 2.24) is 15.3 Å². The fraction of sp³-hybridized carbons (Fsp3) is 0.200. The van der Waals surface area contributed by atoms with Gasteiger partial charge in [-0.25, -0.2) is 4.98 Å². The van der Waals surface area contributed by atoms with Gasteiger partial charge in [-0.15, -0.1) is 0 Å². The van der Waals surface area contributed by atoms with E-state index >= 15 is 0 Å². The maximum atomic E-state index is 12.1. The summed E-state index contributed by atoms with van der Waals surface area (Å²) in [7, 11) is 1.55. The molecule has 0 fully saturated rings. The highest BCUT2D eigenvalue weighted by molar-refractivity contribution is 6.34. The van der Waals surface area contributed by atoms with Crippen LogP contribution in [0.5, 0.6) is 0 Å². The number of ether oxygens (including phenoxy) is 1. The van der Waals surface area contributed by atoms with Gasteiger partial charge < -0.3 is 15.4 Å². The molecule has 7 nitrogen and oxygen atoms in total. The van der Waals surface area contributed by atoms with Crippen molar-refractivity contribution in [1.29, 1.82) is 0 Å². The fourth-order valence-corrected chi connectivity index (χ4v) is 1.90. The summed E-state index contributed by atoms with van der Waals surface area (Å²) < 4.78 is 4.87. The van der Waals surface area contributed by atoms with Crippen LogP contribution in [0.3, 0.4) is 0 Å². The smallest absolute Gasteiger partial charge is 0.275 e. The van der Waals surface area contributed by atoms with Crippen LogP contribution in [-0.4, -0.2) is 42.0 Å². The molecule has 23 heavy (non-hydrogen) atoms. The van der Waals surface area contributed by atoms with Gasteiger partial charge in [0, 0.05) is 31.6 Å². The second kappa shape index (κ2) is 8.21. The molecular weight excluding hydrogens is 320 g/mol. The van der Waals surface area contributed by atoms with Crippen molar-refractivity contribution in [2.75, 3.05) is 25.6 Å². The second-order valence-corrected chi connectivity index (χ2v) is 4.90. The molecule has 1 aromatic carbocycles. The summed E-state index contributed by atoms with van der Waals surface area (Å²) in [5, 5.41) is 5.62. The fourth-order valence-electron chi connectivity index (χ4n) is 1.73. The third-order valence-electron chi connectivity index (χ3n) is 2.86. The first-order valence-corrected chi connectivity index (χ1v) is 7.13. The van der Waals surface area contributed by atoms with E-state index in [1.807, 2.05) is 0 Å². The largest absolute Gasteiger partial charge is 0.383 e. The molecule has 1 aromatic heterocycles. The number of anilines is 1. The van der Waals surface area contributed by atoms with E-state index in [1.165, 1.54) is 24.7 Å². The van der Waals surface area contributed by atoms with E-state index in [2.05, 4.69) is 20.6 Å². The van der Waals surface area contributed by atoms with E-state index in [4.69, 9.17) is 16.3 Å². The zero-order valence-electron chi connectivity index (χ0n) is 12.4. The zero-order chi connectivity index (χ0) is 16.7. The van der Waals surface area contributed by atoms with Crippen LogP contribution < -0.4 is 10.6 Å². The number of hydrogen-bond acceptors (Lipinski definition) is 5. The number of carbonyl (C=O) groups excluding carboxylic acids is 2. The van der Waals surface area contributed by atoms with Crippen molar-refractivity contribution in [3.8, 4) is 0 Å². The average Bonchev–Trinajstić information content (AvgIpc) is 2.57. The summed E-state index contributed by atoms with van der Waals surface area (Å²) in [6.45, 7) is 0.800. The molecule has 2 aromatic rings. The number of aromatic nitrogens is 2. The Labute approximate surface area is 138 Å². The third kappa shape index (κ3) is 4.73. The summed E-state index contributed by atoms with van der Waals surface area (Å²) in [6, 6.07) is 4.61. The lowest BCUT2D eigenvalue weighted by Gasteiger charge is -2.09. The molecule has 0 radical (unpaired) electrons. The van der Waals surface area contributed by atoms with Crippen LogP contribution >= 0.6 is 11.6 Å². The Kier molecular flexibility index (Phi) is 6.02. The van der Waals surface area contributed by atoms with Gasteiger partial charge in [0.05, 0.1) is 23.5 Å². The molecule has 0 bridgehead atoms. The summed E-state index contributed by atoms with van der Waals surface area (Å²) in [6.07, 6.45) is 4.22. The Balaban J connectivity index is 2.11. The minimum atomic E-state index is -0.461. The van der Waals surface area contributed by atoms with E-state index in [0.29, 0.717) is 29.4 Å². The van der Waals surface area contributed by atoms with E-state index in [0.717, 1.165) is 0 Å². The lowest BCUT2D eigenvalue weighted by molar-refractivity contribution is 0.0936. The predicted molar refractivity (Wildman–Crippen MR) is 85.6 cm³/mol. The van der Waals surface area contributed by atoms with Crippen LogP contribution in [0.2, 0.25) is 5.02 Å². The minimum absolute atomic E-state index is 0.151. The molecule has 0 saturated carbocycles. The molecule has 0 aliphatic carbocycles. The van der Waals surface area contributed by atoms with E-state index in [-0.39, 0.29) is 11.6 Å². The second-order valence-electron chi connectivity index (χ2n) is 4.49. The van der Waals surface area contributed by atoms with Crippen LogP contribution in [0, 0.1) is 0 Å². The quantitative estimate of drug-likeness (QED) is 0.785. The number of benzene rings is 1. The first kappa shape index (κ1) is 16.9. The van der Waals surface area contributed by atoms with Gasteiger partial charge >= 0.3 is 0 Å².